The van der Waals surface area contributed by atoms with E-state index < -0.39 is 22.0 Å². The maximum atomic E-state index is 12.8. The highest BCUT2D eigenvalue weighted by molar-refractivity contribution is 7.89. The Morgan fingerprint density at radius 2 is 1.68 bits per heavy atom. The van der Waals surface area contributed by atoms with E-state index in [0.29, 0.717) is 38.7 Å². The number of methoxy groups -OCH3 is 1. The maximum Gasteiger partial charge on any atom is 0.324 e. The van der Waals surface area contributed by atoms with Crippen LogP contribution < -0.4 is 9.46 Å². The molecule has 0 saturated carbocycles. The summed E-state index contributed by atoms with van der Waals surface area (Å²) in [7, 11) is -2.52. The number of benzene rings is 2. The Kier molecular flexibility index (Phi) is 8.70. The molecule has 9 heteroatoms. The largest absolute Gasteiger partial charge is 0.489 e. The molecule has 0 spiro atoms. The summed E-state index contributed by atoms with van der Waals surface area (Å²) >= 11 is 0. The van der Waals surface area contributed by atoms with Crippen LogP contribution in [0, 0.1) is 0 Å². The predicted octanol–water partition coefficient (Wildman–Crippen LogP) is 2.72. The molecule has 1 fully saturated rings. The molecule has 0 amide bonds. The van der Waals surface area contributed by atoms with E-state index in [1.165, 1.54) is 24.8 Å². The van der Waals surface area contributed by atoms with Gasteiger partial charge in [0.25, 0.3) is 0 Å². The molecule has 1 heterocycles. The molecule has 0 aliphatic carbocycles. The molecule has 186 valence electrons. The molecular weight excluding hydrogens is 456 g/mol. The van der Waals surface area contributed by atoms with E-state index in [1.54, 1.807) is 12.1 Å². The second-order valence-electron chi connectivity index (χ2n) is 9.25. The molecule has 1 aliphatic heterocycles. The summed E-state index contributed by atoms with van der Waals surface area (Å²) in [6.45, 7) is 8.85. The van der Waals surface area contributed by atoms with E-state index in [2.05, 4.69) is 37.6 Å². The number of hydrogen-bond acceptors (Lipinski definition) is 7. The van der Waals surface area contributed by atoms with Gasteiger partial charge in [0.2, 0.25) is 10.0 Å². The SMILES string of the molecule is COC(=O)[C@H](CNS(=O)(=O)c1ccc(OCc2ccc(C(C)(C)C)cc2)cc1)N1CCOCC1. The molecule has 2 aromatic rings. The zero-order valence-electron chi connectivity index (χ0n) is 20.2. The van der Waals surface area contributed by atoms with Crippen molar-refractivity contribution in [3.05, 3.63) is 59.7 Å². The van der Waals surface area contributed by atoms with Gasteiger partial charge in [-0.2, -0.15) is 0 Å². The third-order valence-corrected chi connectivity index (χ3v) is 7.23. The van der Waals surface area contributed by atoms with Crippen LogP contribution >= 0.6 is 0 Å². The Morgan fingerprint density at radius 3 is 2.24 bits per heavy atom. The number of hydrogen-bond donors (Lipinski definition) is 1. The van der Waals surface area contributed by atoms with E-state index in [9.17, 15) is 13.2 Å². The van der Waals surface area contributed by atoms with Crippen LogP contribution in [0.25, 0.3) is 0 Å². The minimum atomic E-state index is -3.81. The lowest BCUT2D eigenvalue weighted by molar-refractivity contribution is -0.148. The highest BCUT2D eigenvalue weighted by atomic mass is 32.2. The van der Waals surface area contributed by atoms with Crippen LogP contribution in [0.3, 0.4) is 0 Å². The monoisotopic (exact) mass is 490 g/mol. The first kappa shape index (κ1) is 26.2. The number of carbonyl (C=O) groups is 1. The normalized spacial score (nSPS) is 16.1. The van der Waals surface area contributed by atoms with Crippen LogP contribution in [-0.4, -0.2) is 65.3 Å². The minimum absolute atomic E-state index is 0.0855. The van der Waals surface area contributed by atoms with Gasteiger partial charge in [-0.3, -0.25) is 9.69 Å². The van der Waals surface area contributed by atoms with Gasteiger partial charge in [-0.05, 0) is 40.8 Å². The van der Waals surface area contributed by atoms with Crippen molar-refractivity contribution in [3.8, 4) is 5.75 Å². The van der Waals surface area contributed by atoms with Crippen molar-refractivity contribution < 1.29 is 27.4 Å². The highest BCUT2D eigenvalue weighted by Gasteiger charge is 2.30. The van der Waals surface area contributed by atoms with E-state index in [-0.39, 0.29) is 16.9 Å². The van der Waals surface area contributed by atoms with E-state index in [0.717, 1.165) is 5.56 Å². The lowest BCUT2D eigenvalue weighted by Crippen LogP contribution is -2.52. The fraction of sp³-hybridized carbons (Fsp3) is 0.480. The Balaban J connectivity index is 1.58. The third-order valence-electron chi connectivity index (χ3n) is 5.79. The number of rotatable bonds is 9. The summed E-state index contributed by atoms with van der Waals surface area (Å²) < 4.78 is 44.1. The summed E-state index contributed by atoms with van der Waals surface area (Å²) in [6.07, 6.45) is 0. The first-order valence-corrected chi connectivity index (χ1v) is 12.8. The standard InChI is InChI=1S/C25H34N2O6S/c1-25(2,3)20-7-5-19(6-8-20)18-33-21-9-11-22(12-10-21)34(29,30)26-17-23(24(28)31-4)27-13-15-32-16-14-27/h5-12,23,26H,13-18H2,1-4H3/t23-/m0/s1. The molecule has 2 aromatic carbocycles. The van der Waals surface area contributed by atoms with Crippen molar-refractivity contribution >= 4 is 16.0 Å². The van der Waals surface area contributed by atoms with Gasteiger partial charge in [-0.25, -0.2) is 13.1 Å². The van der Waals surface area contributed by atoms with E-state index in [1.807, 2.05) is 17.0 Å². The number of nitrogens with one attached hydrogen (secondary N) is 1. The van der Waals surface area contributed by atoms with Crippen LogP contribution in [0.1, 0.15) is 31.9 Å². The molecular formula is C25H34N2O6S. The zero-order chi connectivity index (χ0) is 24.8. The molecule has 1 aliphatic rings. The van der Waals surface area contributed by atoms with E-state index in [4.69, 9.17) is 14.2 Å². The van der Waals surface area contributed by atoms with Crippen LogP contribution in [0.5, 0.6) is 5.75 Å². The van der Waals surface area contributed by atoms with Gasteiger partial charge in [0.15, 0.2) is 0 Å². The second kappa shape index (κ2) is 11.3. The Labute approximate surface area is 202 Å². The summed E-state index contributed by atoms with van der Waals surface area (Å²) in [4.78, 5) is 14.2. The van der Waals surface area contributed by atoms with Crippen LogP contribution in [0.4, 0.5) is 0 Å². The number of sulfonamides is 1. The molecule has 1 N–H and O–H groups in total. The zero-order valence-corrected chi connectivity index (χ0v) is 21.1. The van der Waals surface area contributed by atoms with Gasteiger partial charge in [0, 0.05) is 19.6 Å². The number of esters is 1. The molecule has 0 bridgehead atoms. The van der Waals surface area contributed by atoms with Crippen molar-refractivity contribution in [3.63, 3.8) is 0 Å². The van der Waals surface area contributed by atoms with Crippen LogP contribution in [-0.2, 0) is 36.3 Å². The fourth-order valence-electron chi connectivity index (χ4n) is 3.64. The average molecular weight is 491 g/mol. The number of carbonyl (C=O) groups excluding carboxylic acids is 1. The summed E-state index contributed by atoms with van der Waals surface area (Å²) in [5, 5.41) is 0. The molecule has 0 radical (unpaired) electrons. The lowest BCUT2D eigenvalue weighted by Gasteiger charge is -2.32. The van der Waals surface area contributed by atoms with Crippen molar-refractivity contribution in [1.82, 2.24) is 9.62 Å². The van der Waals surface area contributed by atoms with E-state index >= 15 is 0 Å². The highest BCUT2D eigenvalue weighted by Crippen LogP contribution is 2.23. The third kappa shape index (κ3) is 7.02. The summed E-state index contributed by atoms with van der Waals surface area (Å²) in [6, 6.07) is 13.8. The molecule has 34 heavy (non-hydrogen) atoms. The van der Waals surface area contributed by atoms with Gasteiger partial charge in [-0.1, -0.05) is 45.0 Å². The lowest BCUT2D eigenvalue weighted by atomic mass is 9.87. The average Bonchev–Trinajstić information content (AvgIpc) is 2.83. The van der Waals surface area contributed by atoms with Crippen molar-refractivity contribution in [2.75, 3.05) is 40.0 Å². The summed E-state index contributed by atoms with van der Waals surface area (Å²) in [5.41, 5.74) is 2.37. The molecule has 3 rings (SSSR count). The fourth-order valence-corrected chi connectivity index (χ4v) is 4.68. The molecule has 1 saturated heterocycles. The first-order valence-electron chi connectivity index (χ1n) is 11.3. The molecule has 8 nitrogen and oxygen atoms in total. The van der Waals surface area contributed by atoms with Crippen molar-refractivity contribution in [2.24, 2.45) is 0 Å². The quantitative estimate of drug-likeness (QED) is 0.540. The van der Waals surface area contributed by atoms with Gasteiger partial charge >= 0.3 is 5.97 Å². The topological polar surface area (TPSA) is 94.2 Å². The predicted molar refractivity (Wildman–Crippen MR) is 129 cm³/mol. The first-order chi connectivity index (χ1) is 16.1. The van der Waals surface area contributed by atoms with Crippen LogP contribution in [0.2, 0.25) is 0 Å². The van der Waals surface area contributed by atoms with Crippen molar-refractivity contribution in [2.45, 2.75) is 43.7 Å². The Hall–Kier alpha value is -2.46. The van der Waals surface area contributed by atoms with Gasteiger partial charge < -0.3 is 14.2 Å². The molecule has 0 unspecified atom stereocenters. The summed E-state index contributed by atoms with van der Waals surface area (Å²) in [5.74, 6) is 0.0866. The maximum absolute atomic E-state index is 12.8. The number of ether oxygens (including phenoxy) is 3. The number of nitrogens with zero attached hydrogens (tertiary/aromatic N) is 1. The van der Waals surface area contributed by atoms with Gasteiger partial charge in [-0.15, -0.1) is 0 Å². The second-order valence-corrected chi connectivity index (χ2v) is 11.0. The molecule has 0 aromatic heterocycles. The van der Waals surface area contributed by atoms with Crippen molar-refractivity contribution in [1.29, 1.82) is 0 Å². The Bertz CT molecular complexity index is 1040. The smallest absolute Gasteiger partial charge is 0.324 e. The van der Waals surface area contributed by atoms with Gasteiger partial charge in [0.05, 0.1) is 25.2 Å². The van der Waals surface area contributed by atoms with Crippen LogP contribution in [0.15, 0.2) is 53.4 Å². The number of morpholine rings is 1. The van der Waals surface area contributed by atoms with Gasteiger partial charge in [0.1, 0.15) is 18.4 Å². The molecule has 1 atom stereocenters. The minimum Gasteiger partial charge on any atom is -0.489 e. The Morgan fingerprint density at radius 1 is 1.06 bits per heavy atom.